The minimum atomic E-state index is 0.427. The van der Waals surface area contributed by atoms with Crippen LogP contribution in [-0.2, 0) is 19.5 Å². The van der Waals surface area contributed by atoms with E-state index in [4.69, 9.17) is 4.74 Å². The van der Waals surface area contributed by atoms with Gasteiger partial charge in [-0.3, -0.25) is 9.80 Å². The maximum absolute atomic E-state index is 10.2. The summed E-state index contributed by atoms with van der Waals surface area (Å²) in [6, 6.07) is 10.6. The topological polar surface area (TPSA) is 35.9 Å². The number of phenols is 1. The van der Waals surface area contributed by atoms with Crippen LogP contribution in [0.1, 0.15) is 27.8 Å². The number of hydrogen-bond donors (Lipinski definition) is 1. The number of benzene rings is 2. The zero-order chi connectivity index (χ0) is 18.1. The summed E-state index contributed by atoms with van der Waals surface area (Å²) in [4.78, 5) is 4.96. The quantitative estimate of drug-likeness (QED) is 0.916. The van der Waals surface area contributed by atoms with E-state index in [-0.39, 0.29) is 0 Å². The van der Waals surface area contributed by atoms with Crippen LogP contribution in [0.15, 0.2) is 30.3 Å². The summed E-state index contributed by atoms with van der Waals surface area (Å²) in [5.74, 6) is 1.49. The summed E-state index contributed by atoms with van der Waals surface area (Å²) < 4.78 is 5.60. The zero-order valence-electron chi connectivity index (χ0n) is 15.8. The SMILES string of the molecule is Cc1cc(O)c(CN2CCN(Cc3ccc4c(c3)CCO4)CC2)cc1C. The smallest absolute Gasteiger partial charge is 0.122 e. The van der Waals surface area contributed by atoms with Gasteiger partial charge in [-0.1, -0.05) is 18.2 Å². The monoisotopic (exact) mass is 352 g/mol. The van der Waals surface area contributed by atoms with Gasteiger partial charge >= 0.3 is 0 Å². The molecule has 2 heterocycles. The van der Waals surface area contributed by atoms with Crippen LogP contribution >= 0.6 is 0 Å². The number of nitrogens with zero attached hydrogens (tertiary/aromatic N) is 2. The van der Waals surface area contributed by atoms with E-state index >= 15 is 0 Å². The molecule has 1 saturated heterocycles. The lowest BCUT2D eigenvalue weighted by Gasteiger charge is -2.35. The van der Waals surface area contributed by atoms with E-state index in [2.05, 4.69) is 41.0 Å². The Hall–Kier alpha value is -2.04. The molecule has 0 unspecified atom stereocenters. The highest BCUT2D eigenvalue weighted by molar-refractivity contribution is 5.41. The predicted octanol–water partition coefficient (Wildman–Crippen LogP) is 3.26. The fraction of sp³-hybridized carbons (Fsp3) is 0.455. The second kappa shape index (κ2) is 7.29. The van der Waals surface area contributed by atoms with Gasteiger partial charge in [0.25, 0.3) is 0 Å². The van der Waals surface area contributed by atoms with Gasteiger partial charge in [-0.25, -0.2) is 0 Å². The molecule has 2 aromatic rings. The molecule has 4 rings (SSSR count). The van der Waals surface area contributed by atoms with Crippen LogP contribution < -0.4 is 4.74 Å². The minimum Gasteiger partial charge on any atom is -0.508 e. The van der Waals surface area contributed by atoms with Crippen molar-refractivity contribution in [2.24, 2.45) is 0 Å². The molecule has 2 aliphatic heterocycles. The van der Waals surface area contributed by atoms with E-state index in [9.17, 15) is 5.11 Å². The molecule has 1 N–H and O–H groups in total. The molecule has 4 heteroatoms. The number of hydrogen-bond acceptors (Lipinski definition) is 4. The molecule has 0 bridgehead atoms. The van der Waals surface area contributed by atoms with Crippen LogP contribution in [0.2, 0.25) is 0 Å². The van der Waals surface area contributed by atoms with E-state index < -0.39 is 0 Å². The molecule has 0 saturated carbocycles. The average molecular weight is 352 g/mol. The van der Waals surface area contributed by atoms with E-state index in [0.29, 0.717) is 5.75 Å². The lowest BCUT2D eigenvalue weighted by molar-refractivity contribution is 0.121. The third kappa shape index (κ3) is 3.71. The third-order valence-corrected chi connectivity index (χ3v) is 5.71. The van der Waals surface area contributed by atoms with Crippen LogP contribution in [0.5, 0.6) is 11.5 Å². The first-order valence-corrected chi connectivity index (χ1v) is 9.57. The summed E-state index contributed by atoms with van der Waals surface area (Å²) in [6.07, 6.45) is 1.04. The Bertz CT molecular complexity index is 795. The number of aryl methyl sites for hydroxylation is 2. The van der Waals surface area contributed by atoms with Crippen molar-refractivity contribution < 1.29 is 9.84 Å². The highest BCUT2D eigenvalue weighted by Crippen LogP contribution is 2.27. The number of fused-ring (bicyclic) bond motifs is 1. The summed E-state index contributed by atoms with van der Waals surface area (Å²) in [5.41, 5.74) is 6.17. The Labute approximate surface area is 156 Å². The van der Waals surface area contributed by atoms with Gasteiger partial charge in [0.1, 0.15) is 11.5 Å². The van der Waals surface area contributed by atoms with Crippen LogP contribution in [0.25, 0.3) is 0 Å². The van der Waals surface area contributed by atoms with Gasteiger partial charge in [-0.15, -0.1) is 0 Å². The Balaban J connectivity index is 1.32. The Morgan fingerprint density at radius 3 is 2.38 bits per heavy atom. The maximum atomic E-state index is 10.2. The van der Waals surface area contributed by atoms with Crippen molar-refractivity contribution >= 4 is 0 Å². The van der Waals surface area contributed by atoms with Gasteiger partial charge < -0.3 is 9.84 Å². The summed E-state index contributed by atoms with van der Waals surface area (Å²) in [6.45, 7) is 11.0. The fourth-order valence-corrected chi connectivity index (χ4v) is 3.93. The van der Waals surface area contributed by atoms with E-state index in [1.807, 2.05) is 13.0 Å². The summed E-state index contributed by atoms with van der Waals surface area (Å²) in [7, 11) is 0. The number of ether oxygens (including phenoxy) is 1. The van der Waals surface area contributed by atoms with Crippen LogP contribution in [-0.4, -0.2) is 47.7 Å². The largest absolute Gasteiger partial charge is 0.508 e. The molecule has 0 spiro atoms. The zero-order valence-corrected chi connectivity index (χ0v) is 15.8. The second-order valence-electron chi connectivity index (χ2n) is 7.66. The molecule has 26 heavy (non-hydrogen) atoms. The molecule has 0 atom stereocenters. The Kier molecular flexibility index (Phi) is 4.88. The van der Waals surface area contributed by atoms with E-state index in [0.717, 1.165) is 69.2 Å². The molecule has 2 aliphatic rings. The maximum Gasteiger partial charge on any atom is 0.122 e. The van der Waals surface area contributed by atoms with Crippen molar-refractivity contribution in [2.45, 2.75) is 33.4 Å². The normalized spacial score (nSPS) is 17.9. The van der Waals surface area contributed by atoms with Crippen molar-refractivity contribution in [3.05, 3.63) is 58.1 Å². The van der Waals surface area contributed by atoms with Gasteiger partial charge in [0.2, 0.25) is 0 Å². The number of phenolic OH excluding ortho intramolecular Hbond substituents is 1. The Morgan fingerprint density at radius 2 is 1.62 bits per heavy atom. The third-order valence-electron chi connectivity index (χ3n) is 5.71. The molecule has 0 aromatic heterocycles. The molecule has 4 nitrogen and oxygen atoms in total. The first-order chi connectivity index (χ1) is 12.6. The Morgan fingerprint density at radius 1 is 0.923 bits per heavy atom. The van der Waals surface area contributed by atoms with Gasteiger partial charge in [-0.2, -0.15) is 0 Å². The lowest BCUT2D eigenvalue weighted by Crippen LogP contribution is -2.45. The summed E-state index contributed by atoms with van der Waals surface area (Å²) in [5, 5.41) is 10.2. The van der Waals surface area contributed by atoms with Crippen LogP contribution in [0.3, 0.4) is 0 Å². The highest BCUT2D eigenvalue weighted by atomic mass is 16.5. The fourth-order valence-electron chi connectivity index (χ4n) is 3.93. The average Bonchev–Trinajstić information content (AvgIpc) is 3.09. The molecular weight excluding hydrogens is 324 g/mol. The second-order valence-corrected chi connectivity index (χ2v) is 7.66. The van der Waals surface area contributed by atoms with Gasteiger partial charge in [0.05, 0.1) is 6.61 Å². The van der Waals surface area contributed by atoms with Crippen molar-refractivity contribution in [2.75, 3.05) is 32.8 Å². The first-order valence-electron chi connectivity index (χ1n) is 9.57. The van der Waals surface area contributed by atoms with Gasteiger partial charge in [0.15, 0.2) is 0 Å². The standard InChI is InChI=1S/C22H28N2O2/c1-16-11-20(21(25)12-17(16)2)15-24-8-6-23(7-9-24)14-18-3-4-22-19(13-18)5-10-26-22/h3-4,11-13,25H,5-10,14-15H2,1-2H3. The molecule has 0 aliphatic carbocycles. The molecule has 0 radical (unpaired) electrons. The number of rotatable bonds is 4. The number of aromatic hydroxyl groups is 1. The lowest BCUT2D eigenvalue weighted by atomic mass is 10.0. The van der Waals surface area contributed by atoms with E-state index in [1.54, 1.807) is 0 Å². The van der Waals surface area contributed by atoms with Crippen LogP contribution in [0.4, 0.5) is 0 Å². The molecule has 138 valence electrons. The van der Waals surface area contributed by atoms with E-state index in [1.165, 1.54) is 16.7 Å². The first kappa shape index (κ1) is 17.4. The van der Waals surface area contributed by atoms with Crippen molar-refractivity contribution in [1.82, 2.24) is 9.80 Å². The predicted molar refractivity (Wildman–Crippen MR) is 104 cm³/mol. The summed E-state index contributed by atoms with van der Waals surface area (Å²) >= 11 is 0. The minimum absolute atomic E-state index is 0.427. The molecule has 1 fully saturated rings. The van der Waals surface area contributed by atoms with Crippen molar-refractivity contribution in [3.8, 4) is 11.5 Å². The van der Waals surface area contributed by atoms with Gasteiger partial charge in [0, 0.05) is 51.3 Å². The van der Waals surface area contributed by atoms with Crippen LogP contribution in [0, 0.1) is 13.8 Å². The van der Waals surface area contributed by atoms with Gasteiger partial charge in [-0.05, 0) is 48.2 Å². The van der Waals surface area contributed by atoms with Crippen molar-refractivity contribution in [1.29, 1.82) is 0 Å². The molecule has 2 aromatic carbocycles. The molecule has 0 amide bonds. The number of piperazine rings is 1. The van der Waals surface area contributed by atoms with Crippen molar-refractivity contribution in [3.63, 3.8) is 0 Å². The highest BCUT2D eigenvalue weighted by Gasteiger charge is 2.19. The molecular formula is C22H28N2O2.